The standard InChI is InChI=1S/C8H5BrClNO/c9-11-7-2-1-6(10)3-5(7)4-8(11)12/h1-3H,4H2. The molecule has 0 spiro atoms. The number of rotatable bonds is 0. The maximum Gasteiger partial charge on any atom is 0.241 e. The summed E-state index contributed by atoms with van der Waals surface area (Å²) in [5.41, 5.74) is 1.87. The zero-order valence-corrected chi connectivity index (χ0v) is 8.39. The monoisotopic (exact) mass is 245 g/mol. The van der Waals surface area contributed by atoms with Crippen molar-refractivity contribution in [3.05, 3.63) is 28.8 Å². The van der Waals surface area contributed by atoms with E-state index in [4.69, 9.17) is 11.6 Å². The Morgan fingerprint density at radius 2 is 2.25 bits per heavy atom. The van der Waals surface area contributed by atoms with E-state index in [1.54, 1.807) is 6.07 Å². The summed E-state index contributed by atoms with van der Waals surface area (Å²) in [5, 5.41) is 0.671. The van der Waals surface area contributed by atoms with Gasteiger partial charge in [-0.05, 0) is 23.8 Å². The number of anilines is 1. The molecule has 1 aliphatic rings. The van der Waals surface area contributed by atoms with Crippen LogP contribution >= 0.6 is 27.7 Å². The smallest absolute Gasteiger partial charge is 0.241 e. The number of hydrogen-bond donors (Lipinski definition) is 0. The molecular weight excluding hydrogens is 241 g/mol. The van der Waals surface area contributed by atoms with Crippen molar-refractivity contribution in [1.29, 1.82) is 0 Å². The van der Waals surface area contributed by atoms with Gasteiger partial charge in [-0.2, -0.15) is 0 Å². The van der Waals surface area contributed by atoms with Gasteiger partial charge in [-0.1, -0.05) is 11.6 Å². The van der Waals surface area contributed by atoms with Crippen LogP contribution in [0.2, 0.25) is 5.02 Å². The number of hydrogen-bond acceptors (Lipinski definition) is 1. The molecule has 1 aliphatic heterocycles. The Morgan fingerprint density at radius 3 is 3.00 bits per heavy atom. The number of amides is 1. The van der Waals surface area contributed by atoms with Crippen molar-refractivity contribution in [3.8, 4) is 0 Å². The maximum absolute atomic E-state index is 11.2. The maximum atomic E-state index is 11.2. The van der Waals surface area contributed by atoms with Crippen LogP contribution in [0.3, 0.4) is 0 Å². The minimum absolute atomic E-state index is 0.0484. The first-order chi connectivity index (χ1) is 5.68. The lowest BCUT2D eigenvalue weighted by atomic mass is 10.2. The molecule has 0 N–H and O–H groups in total. The molecule has 0 fully saturated rings. The van der Waals surface area contributed by atoms with Crippen LogP contribution in [0.5, 0.6) is 0 Å². The SMILES string of the molecule is O=C1Cc2cc(Cl)ccc2N1Br. The predicted molar refractivity (Wildman–Crippen MR) is 51.6 cm³/mol. The van der Waals surface area contributed by atoms with Crippen molar-refractivity contribution in [3.63, 3.8) is 0 Å². The lowest BCUT2D eigenvalue weighted by Crippen LogP contribution is -2.13. The van der Waals surface area contributed by atoms with Gasteiger partial charge in [0.2, 0.25) is 5.91 Å². The van der Waals surface area contributed by atoms with Gasteiger partial charge in [0, 0.05) is 5.02 Å². The van der Waals surface area contributed by atoms with E-state index in [0.29, 0.717) is 11.4 Å². The molecule has 4 heteroatoms. The molecule has 0 saturated heterocycles. The van der Waals surface area contributed by atoms with E-state index < -0.39 is 0 Å². The van der Waals surface area contributed by atoms with E-state index in [2.05, 4.69) is 16.1 Å². The summed E-state index contributed by atoms with van der Waals surface area (Å²) in [7, 11) is 0. The van der Waals surface area contributed by atoms with E-state index in [9.17, 15) is 4.79 Å². The van der Waals surface area contributed by atoms with Gasteiger partial charge in [0.1, 0.15) is 0 Å². The van der Waals surface area contributed by atoms with Gasteiger partial charge >= 0.3 is 0 Å². The molecule has 0 atom stereocenters. The number of benzene rings is 1. The van der Waals surface area contributed by atoms with Gasteiger partial charge < -0.3 is 0 Å². The van der Waals surface area contributed by atoms with Crippen molar-refractivity contribution in [1.82, 2.24) is 0 Å². The molecule has 1 heterocycles. The number of carbonyl (C=O) groups excluding carboxylic acids is 1. The highest BCUT2D eigenvalue weighted by molar-refractivity contribution is 9.10. The average molecular weight is 246 g/mol. The van der Waals surface area contributed by atoms with Crippen molar-refractivity contribution in [2.24, 2.45) is 0 Å². The van der Waals surface area contributed by atoms with E-state index in [1.807, 2.05) is 12.1 Å². The minimum Gasteiger partial charge on any atom is -0.273 e. The van der Waals surface area contributed by atoms with E-state index >= 15 is 0 Å². The third-order valence-electron chi connectivity index (χ3n) is 1.81. The van der Waals surface area contributed by atoms with Crippen LogP contribution < -0.4 is 3.93 Å². The predicted octanol–water partition coefficient (Wildman–Crippen LogP) is 2.54. The van der Waals surface area contributed by atoms with Crippen LogP contribution in [0, 0.1) is 0 Å². The van der Waals surface area contributed by atoms with Gasteiger partial charge in [-0.25, -0.2) is 3.93 Å². The van der Waals surface area contributed by atoms with Crippen molar-refractivity contribution >= 4 is 39.3 Å². The Bertz CT molecular complexity index is 353. The Hall–Kier alpha value is -0.540. The minimum atomic E-state index is 0.0484. The van der Waals surface area contributed by atoms with Crippen LogP contribution in [-0.4, -0.2) is 5.91 Å². The first kappa shape index (κ1) is 8.08. The first-order valence-electron chi connectivity index (χ1n) is 3.45. The third kappa shape index (κ3) is 1.13. The molecule has 62 valence electrons. The zero-order chi connectivity index (χ0) is 8.72. The number of nitrogens with zero attached hydrogens (tertiary/aromatic N) is 1. The first-order valence-corrected chi connectivity index (χ1v) is 4.54. The normalized spacial score (nSPS) is 15.2. The molecule has 0 bridgehead atoms. The molecule has 0 unspecified atom stereocenters. The molecule has 0 aromatic heterocycles. The number of halogens is 2. The summed E-state index contributed by atoms with van der Waals surface area (Å²) in [5.74, 6) is 0.0484. The second kappa shape index (κ2) is 2.75. The molecule has 0 radical (unpaired) electrons. The molecule has 0 saturated carbocycles. The summed E-state index contributed by atoms with van der Waals surface area (Å²) in [6.45, 7) is 0. The Morgan fingerprint density at radius 1 is 1.50 bits per heavy atom. The van der Waals surface area contributed by atoms with Gasteiger partial charge in [0.25, 0.3) is 0 Å². The number of carbonyl (C=O) groups is 1. The lowest BCUT2D eigenvalue weighted by molar-refractivity contribution is -0.116. The average Bonchev–Trinajstić information content (AvgIpc) is 2.28. The molecule has 2 nitrogen and oxygen atoms in total. The Balaban J connectivity index is 2.54. The summed E-state index contributed by atoms with van der Waals surface area (Å²) in [6.07, 6.45) is 0.432. The molecule has 1 aromatic carbocycles. The fourth-order valence-electron chi connectivity index (χ4n) is 1.25. The van der Waals surface area contributed by atoms with Crippen molar-refractivity contribution in [2.45, 2.75) is 6.42 Å². The third-order valence-corrected chi connectivity index (χ3v) is 2.83. The van der Waals surface area contributed by atoms with Gasteiger partial charge in [-0.15, -0.1) is 0 Å². The molecule has 1 amide bonds. The summed E-state index contributed by atoms with van der Waals surface area (Å²) in [4.78, 5) is 11.2. The van der Waals surface area contributed by atoms with Gasteiger partial charge in [0.05, 0.1) is 28.3 Å². The fourth-order valence-corrected chi connectivity index (χ4v) is 1.92. The molecule has 1 aromatic rings. The Kier molecular flexibility index (Phi) is 1.85. The summed E-state index contributed by atoms with van der Waals surface area (Å²) >= 11 is 8.94. The van der Waals surface area contributed by atoms with Crippen LogP contribution in [0.15, 0.2) is 18.2 Å². The van der Waals surface area contributed by atoms with Crippen LogP contribution in [0.1, 0.15) is 5.56 Å². The highest BCUT2D eigenvalue weighted by atomic mass is 79.9. The van der Waals surface area contributed by atoms with Crippen LogP contribution in [0.25, 0.3) is 0 Å². The quantitative estimate of drug-likeness (QED) is 0.644. The Labute approximate surface area is 83.5 Å². The molecule has 12 heavy (non-hydrogen) atoms. The fraction of sp³-hybridized carbons (Fsp3) is 0.125. The zero-order valence-electron chi connectivity index (χ0n) is 6.05. The topological polar surface area (TPSA) is 20.3 Å². The second-order valence-corrected chi connectivity index (χ2v) is 3.77. The second-order valence-electron chi connectivity index (χ2n) is 2.62. The number of fused-ring (bicyclic) bond motifs is 1. The van der Waals surface area contributed by atoms with E-state index in [-0.39, 0.29) is 5.91 Å². The summed E-state index contributed by atoms with van der Waals surface area (Å²) < 4.78 is 1.47. The molecule has 0 aliphatic carbocycles. The van der Waals surface area contributed by atoms with Crippen LogP contribution in [0.4, 0.5) is 5.69 Å². The van der Waals surface area contributed by atoms with E-state index in [1.165, 1.54) is 3.93 Å². The molecular formula is C8H5BrClNO. The van der Waals surface area contributed by atoms with Crippen molar-refractivity contribution < 1.29 is 4.79 Å². The van der Waals surface area contributed by atoms with Crippen LogP contribution in [-0.2, 0) is 11.2 Å². The van der Waals surface area contributed by atoms with Gasteiger partial charge in [-0.3, -0.25) is 4.79 Å². The largest absolute Gasteiger partial charge is 0.273 e. The van der Waals surface area contributed by atoms with Crippen molar-refractivity contribution in [2.75, 3.05) is 3.93 Å². The highest BCUT2D eigenvalue weighted by Crippen LogP contribution is 2.32. The van der Waals surface area contributed by atoms with Gasteiger partial charge in [0.15, 0.2) is 0 Å². The summed E-state index contributed by atoms with van der Waals surface area (Å²) in [6, 6.07) is 5.42. The lowest BCUT2D eigenvalue weighted by Gasteiger charge is -2.05. The van der Waals surface area contributed by atoms with E-state index in [0.717, 1.165) is 11.3 Å². The highest BCUT2D eigenvalue weighted by Gasteiger charge is 2.25. The molecule has 2 rings (SSSR count).